The molecule has 0 spiro atoms. The predicted molar refractivity (Wildman–Crippen MR) is 92.5 cm³/mol. The van der Waals surface area contributed by atoms with Gasteiger partial charge in [0, 0.05) is 25.8 Å². The van der Waals surface area contributed by atoms with Crippen LogP contribution in [0.15, 0.2) is 24.3 Å². The Balaban J connectivity index is 1.76. The Kier molecular flexibility index (Phi) is 6.43. The van der Waals surface area contributed by atoms with E-state index in [2.05, 4.69) is 16.3 Å². The van der Waals surface area contributed by atoms with Crippen molar-refractivity contribution < 1.29 is 19.2 Å². The summed E-state index contributed by atoms with van der Waals surface area (Å²) in [5.74, 6) is 0.684. The molecule has 1 saturated heterocycles. The van der Waals surface area contributed by atoms with E-state index in [9.17, 15) is 9.59 Å². The van der Waals surface area contributed by atoms with Crippen LogP contribution in [-0.4, -0.2) is 77.2 Å². The predicted octanol–water partition coefficient (Wildman–Crippen LogP) is -1.40. The number of benzene rings is 1. The van der Waals surface area contributed by atoms with Crippen LogP contribution in [0.2, 0.25) is 0 Å². The van der Waals surface area contributed by atoms with Crippen molar-refractivity contribution in [2.24, 2.45) is 0 Å². The smallest absolute Gasteiger partial charge is 0.275 e. The van der Waals surface area contributed by atoms with Gasteiger partial charge in [0.15, 0.2) is 6.54 Å². The number of quaternary nitrogens is 1. The van der Waals surface area contributed by atoms with E-state index in [1.165, 1.54) is 9.80 Å². The third-order valence-electron chi connectivity index (χ3n) is 4.24. The second-order valence-electron chi connectivity index (χ2n) is 6.18. The fourth-order valence-corrected chi connectivity index (χ4v) is 2.69. The van der Waals surface area contributed by atoms with Crippen LogP contribution >= 0.6 is 0 Å². The van der Waals surface area contributed by atoms with Crippen molar-refractivity contribution in [1.29, 1.82) is 0 Å². The summed E-state index contributed by atoms with van der Waals surface area (Å²) in [7, 11) is 5.02. The molecule has 7 heteroatoms. The molecule has 0 bridgehead atoms. The molecule has 7 nitrogen and oxygen atoms in total. The van der Waals surface area contributed by atoms with Crippen LogP contribution < -0.4 is 19.9 Å². The molecule has 0 aliphatic carbocycles. The van der Waals surface area contributed by atoms with Gasteiger partial charge in [-0.05, 0) is 12.1 Å². The lowest BCUT2D eigenvalue weighted by Gasteiger charge is -2.33. The molecule has 1 aromatic carbocycles. The maximum atomic E-state index is 11.9. The molecular weight excluding hydrogens is 308 g/mol. The van der Waals surface area contributed by atoms with Crippen molar-refractivity contribution in [3.05, 3.63) is 24.3 Å². The van der Waals surface area contributed by atoms with Crippen LogP contribution in [0, 0.1) is 0 Å². The van der Waals surface area contributed by atoms with Crippen LogP contribution in [0.1, 0.15) is 0 Å². The molecule has 0 unspecified atom stereocenters. The molecule has 24 heavy (non-hydrogen) atoms. The Morgan fingerprint density at radius 1 is 1.29 bits per heavy atom. The molecule has 2 amide bonds. The monoisotopic (exact) mass is 335 g/mol. The average molecular weight is 335 g/mol. The van der Waals surface area contributed by atoms with E-state index in [4.69, 9.17) is 4.74 Å². The van der Waals surface area contributed by atoms with Crippen molar-refractivity contribution in [3.63, 3.8) is 0 Å². The first kappa shape index (κ1) is 18.1. The Morgan fingerprint density at radius 2 is 2.00 bits per heavy atom. The third kappa shape index (κ3) is 5.13. The topological polar surface area (TPSA) is 66.3 Å². The quantitative estimate of drug-likeness (QED) is 0.671. The summed E-state index contributed by atoms with van der Waals surface area (Å²) in [5.41, 5.74) is 1.15. The largest absolute Gasteiger partial charge is 0.497 e. The molecule has 2 rings (SSSR count). The second kappa shape index (κ2) is 8.54. The number of amides is 2. The zero-order valence-corrected chi connectivity index (χ0v) is 14.7. The summed E-state index contributed by atoms with van der Waals surface area (Å²) in [6.45, 7) is 4.05. The Bertz CT molecular complexity index is 569. The first-order valence-corrected chi connectivity index (χ1v) is 8.19. The first-order valence-electron chi connectivity index (χ1n) is 8.19. The van der Waals surface area contributed by atoms with Crippen molar-refractivity contribution in [3.8, 4) is 5.75 Å². The number of likely N-dealkylation sites (N-methyl/N-ethyl adjacent to an activating group) is 1. The molecule has 0 aromatic heterocycles. The Morgan fingerprint density at radius 3 is 2.62 bits per heavy atom. The lowest BCUT2D eigenvalue weighted by atomic mass is 10.2. The fourth-order valence-electron chi connectivity index (χ4n) is 2.69. The second-order valence-corrected chi connectivity index (χ2v) is 6.18. The molecule has 0 atom stereocenters. The van der Waals surface area contributed by atoms with E-state index in [1.54, 1.807) is 21.2 Å². The number of carbonyl (C=O) groups is 2. The molecule has 1 aliphatic heterocycles. The Hall–Kier alpha value is -2.28. The van der Waals surface area contributed by atoms with Gasteiger partial charge in [0.1, 0.15) is 5.75 Å². The van der Waals surface area contributed by atoms with E-state index < -0.39 is 0 Å². The van der Waals surface area contributed by atoms with Crippen LogP contribution in [0.5, 0.6) is 5.75 Å². The lowest BCUT2D eigenvalue weighted by Crippen LogP contribution is -3.16. The summed E-state index contributed by atoms with van der Waals surface area (Å²) >= 11 is 0. The molecule has 1 fully saturated rings. The molecule has 132 valence electrons. The van der Waals surface area contributed by atoms with E-state index in [0.29, 0.717) is 6.54 Å². The minimum absolute atomic E-state index is 0.0645. The van der Waals surface area contributed by atoms with Crippen molar-refractivity contribution in [2.75, 3.05) is 65.4 Å². The molecule has 0 radical (unpaired) electrons. The van der Waals surface area contributed by atoms with Gasteiger partial charge in [0.05, 0.1) is 39.8 Å². The zero-order valence-electron chi connectivity index (χ0n) is 14.7. The minimum Gasteiger partial charge on any atom is -0.497 e. The third-order valence-corrected chi connectivity index (χ3v) is 4.24. The standard InChI is InChI=1S/C17H26N4O3/c1-19(2)17(23)12-18-16(22)13-20-7-9-21(10-8-20)14-5-4-6-15(11-14)24-3/h4-6,11H,7-10,12-13H2,1-3H3,(H,18,22)/p+1. The molecule has 2 N–H and O–H groups in total. The van der Waals surface area contributed by atoms with Gasteiger partial charge in [-0.3, -0.25) is 9.59 Å². The summed E-state index contributed by atoms with van der Waals surface area (Å²) in [6, 6.07) is 8.03. The van der Waals surface area contributed by atoms with Crippen molar-refractivity contribution >= 4 is 17.5 Å². The van der Waals surface area contributed by atoms with E-state index in [1.807, 2.05) is 18.2 Å². The summed E-state index contributed by atoms with van der Waals surface area (Å²) in [4.78, 5) is 28.4. The number of nitrogens with one attached hydrogen (secondary N) is 2. The molecular formula is C17H27N4O3+. The maximum Gasteiger partial charge on any atom is 0.275 e. The highest BCUT2D eigenvalue weighted by Crippen LogP contribution is 2.20. The van der Waals surface area contributed by atoms with Gasteiger partial charge in [0.25, 0.3) is 5.91 Å². The summed E-state index contributed by atoms with van der Waals surface area (Å²) < 4.78 is 5.27. The molecule has 1 aromatic rings. The van der Waals surface area contributed by atoms with E-state index in [-0.39, 0.29) is 18.4 Å². The van der Waals surface area contributed by atoms with Crippen LogP contribution in [0.3, 0.4) is 0 Å². The van der Waals surface area contributed by atoms with Gasteiger partial charge in [-0.2, -0.15) is 0 Å². The summed E-state index contributed by atoms with van der Waals surface area (Å²) in [5, 5.41) is 2.69. The number of anilines is 1. The normalized spacial score (nSPS) is 15.0. The van der Waals surface area contributed by atoms with Crippen LogP contribution in [0.25, 0.3) is 0 Å². The van der Waals surface area contributed by atoms with E-state index >= 15 is 0 Å². The van der Waals surface area contributed by atoms with E-state index in [0.717, 1.165) is 37.6 Å². The number of ether oxygens (including phenoxy) is 1. The average Bonchev–Trinajstić information content (AvgIpc) is 2.60. The number of hydrogen-bond acceptors (Lipinski definition) is 4. The Labute approximate surface area is 143 Å². The van der Waals surface area contributed by atoms with Gasteiger partial charge < -0.3 is 24.8 Å². The number of piperazine rings is 1. The summed E-state index contributed by atoms with van der Waals surface area (Å²) in [6.07, 6.45) is 0. The van der Waals surface area contributed by atoms with Gasteiger partial charge in [0.2, 0.25) is 5.91 Å². The highest BCUT2D eigenvalue weighted by Gasteiger charge is 2.22. The van der Waals surface area contributed by atoms with Gasteiger partial charge in [-0.25, -0.2) is 0 Å². The highest BCUT2D eigenvalue weighted by molar-refractivity contribution is 5.84. The van der Waals surface area contributed by atoms with Gasteiger partial charge in [-0.1, -0.05) is 6.07 Å². The van der Waals surface area contributed by atoms with Crippen LogP contribution in [-0.2, 0) is 9.59 Å². The number of hydrogen-bond donors (Lipinski definition) is 2. The van der Waals surface area contributed by atoms with Crippen LogP contribution in [0.4, 0.5) is 5.69 Å². The minimum atomic E-state index is -0.0961. The first-order chi connectivity index (χ1) is 11.5. The number of carbonyl (C=O) groups excluding carboxylic acids is 2. The molecule has 0 saturated carbocycles. The number of methoxy groups -OCH3 is 1. The zero-order chi connectivity index (χ0) is 17.5. The number of rotatable bonds is 6. The highest BCUT2D eigenvalue weighted by atomic mass is 16.5. The lowest BCUT2D eigenvalue weighted by molar-refractivity contribution is -0.892. The molecule has 1 aliphatic rings. The number of nitrogens with zero attached hydrogens (tertiary/aromatic N) is 2. The van der Waals surface area contributed by atoms with Gasteiger partial charge in [-0.15, -0.1) is 0 Å². The van der Waals surface area contributed by atoms with Crippen molar-refractivity contribution in [2.45, 2.75) is 0 Å². The fraction of sp³-hybridized carbons (Fsp3) is 0.529. The maximum absolute atomic E-state index is 11.9. The van der Waals surface area contributed by atoms with Gasteiger partial charge >= 0.3 is 0 Å². The van der Waals surface area contributed by atoms with Crippen molar-refractivity contribution in [1.82, 2.24) is 10.2 Å². The SMILES string of the molecule is COc1cccc(N2CC[NH+](CC(=O)NCC(=O)N(C)C)CC2)c1. The molecule has 1 heterocycles.